The molecule has 0 N–H and O–H groups in total. The molecule has 2 unspecified atom stereocenters. The van der Waals surface area contributed by atoms with Gasteiger partial charge in [-0.25, -0.2) is 0 Å². The number of Topliss-reactive ketones (excluding diaryl/α,β-unsaturated/α-hetero) is 1. The van der Waals surface area contributed by atoms with Crippen LogP contribution in [0.2, 0.25) is 0 Å². The predicted molar refractivity (Wildman–Crippen MR) is 79.3 cm³/mol. The van der Waals surface area contributed by atoms with E-state index in [0.717, 1.165) is 49.1 Å². The molecule has 0 spiro atoms. The highest BCUT2D eigenvalue weighted by molar-refractivity contribution is 5.96. The zero-order valence-electron chi connectivity index (χ0n) is 13.1. The van der Waals surface area contributed by atoms with Crippen molar-refractivity contribution in [3.05, 3.63) is 17.0 Å². The Bertz CT molecular complexity index is 479. The Kier molecular flexibility index (Phi) is 4.97. The number of carbonyl (C=O) groups excluding carboxylic acids is 1. The summed E-state index contributed by atoms with van der Waals surface area (Å²) in [6, 6.07) is 0.377. The summed E-state index contributed by atoms with van der Waals surface area (Å²) in [5.41, 5.74) is 2.92. The molecule has 4 nitrogen and oxygen atoms in total. The molecule has 0 amide bonds. The number of nitrogens with zero attached hydrogens (tertiary/aromatic N) is 2. The molecule has 20 heavy (non-hydrogen) atoms. The summed E-state index contributed by atoms with van der Waals surface area (Å²) in [5.74, 6) is 0.143. The van der Waals surface area contributed by atoms with E-state index in [1.165, 1.54) is 6.42 Å². The summed E-state index contributed by atoms with van der Waals surface area (Å²) < 4.78 is 7.64. The minimum Gasteiger partial charge on any atom is -0.381 e. The third kappa shape index (κ3) is 2.80. The monoisotopic (exact) mass is 278 g/mol. The Morgan fingerprint density at radius 1 is 1.35 bits per heavy atom. The molecule has 1 aromatic heterocycles. The van der Waals surface area contributed by atoms with Gasteiger partial charge in [0.15, 0.2) is 5.78 Å². The Morgan fingerprint density at radius 2 is 2.10 bits per heavy atom. The molecule has 1 saturated carbocycles. The highest BCUT2D eigenvalue weighted by atomic mass is 16.5. The standard InChI is InChI=1S/C16H26N2O2/c1-5-14-16(11(3)19)15(6-2)18(17-14)12-8-7-9-13(10-12)20-4/h12-13H,5-10H2,1-4H3. The van der Waals surface area contributed by atoms with E-state index >= 15 is 0 Å². The first-order valence-corrected chi connectivity index (χ1v) is 7.76. The van der Waals surface area contributed by atoms with Crippen molar-refractivity contribution in [1.29, 1.82) is 0 Å². The maximum atomic E-state index is 11.9. The van der Waals surface area contributed by atoms with Crippen molar-refractivity contribution >= 4 is 5.78 Å². The molecule has 0 saturated heterocycles. The molecule has 0 bridgehead atoms. The average molecular weight is 278 g/mol. The van der Waals surface area contributed by atoms with Crippen molar-refractivity contribution in [3.63, 3.8) is 0 Å². The van der Waals surface area contributed by atoms with Crippen LogP contribution in [0.15, 0.2) is 0 Å². The number of aryl methyl sites for hydroxylation is 1. The minimum absolute atomic E-state index is 0.143. The summed E-state index contributed by atoms with van der Waals surface area (Å²) >= 11 is 0. The molecule has 2 rings (SSSR count). The van der Waals surface area contributed by atoms with Gasteiger partial charge in [-0.15, -0.1) is 0 Å². The zero-order valence-corrected chi connectivity index (χ0v) is 13.1. The lowest BCUT2D eigenvalue weighted by Gasteiger charge is -2.29. The molecule has 112 valence electrons. The fourth-order valence-corrected chi connectivity index (χ4v) is 3.37. The van der Waals surface area contributed by atoms with Crippen LogP contribution in [0.1, 0.15) is 74.2 Å². The van der Waals surface area contributed by atoms with Crippen molar-refractivity contribution in [2.24, 2.45) is 0 Å². The predicted octanol–water partition coefficient (Wildman–Crippen LogP) is 3.34. The van der Waals surface area contributed by atoms with Gasteiger partial charge in [0.1, 0.15) is 0 Å². The number of hydrogen-bond acceptors (Lipinski definition) is 3. The van der Waals surface area contributed by atoms with Gasteiger partial charge in [0.05, 0.1) is 23.4 Å². The van der Waals surface area contributed by atoms with E-state index in [-0.39, 0.29) is 5.78 Å². The molecular formula is C16H26N2O2. The van der Waals surface area contributed by atoms with Crippen LogP contribution >= 0.6 is 0 Å². The van der Waals surface area contributed by atoms with E-state index in [0.29, 0.717) is 12.1 Å². The van der Waals surface area contributed by atoms with E-state index in [1.807, 2.05) is 0 Å². The van der Waals surface area contributed by atoms with Crippen LogP contribution in [-0.2, 0) is 17.6 Å². The lowest BCUT2D eigenvalue weighted by atomic mass is 9.92. The average Bonchev–Trinajstić information content (AvgIpc) is 2.86. The smallest absolute Gasteiger partial charge is 0.163 e. The van der Waals surface area contributed by atoms with E-state index in [1.54, 1.807) is 14.0 Å². The Balaban J connectivity index is 2.38. The third-order valence-electron chi connectivity index (χ3n) is 4.38. The summed E-state index contributed by atoms with van der Waals surface area (Å²) in [4.78, 5) is 11.9. The molecule has 0 aliphatic heterocycles. The van der Waals surface area contributed by atoms with Crippen LogP contribution in [0, 0.1) is 0 Å². The largest absolute Gasteiger partial charge is 0.381 e. The topological polar surface area (TPSA) is 44.1 Å². The SMILES string of the molecule is CCc1nn(C2CCCC(OC)C2)c(CC)c1C(C)=O. The van der Waals surface area contributed by atoms with Gasteiger partial charge >= 0.3 is 0 Å². The van der Waals surface area contributed by atoms with Crippen molar-refractivity contribution in [3.8, 4) is 0 Å². The van der Waals surface area contributed by atoms with E-state index in [4.69, 9.17) is 9.84 Å². The second-order valence-corrected chi connectivity index (χ2v) is 5.65. The molecule has 2 atom stereocenters. The third-order valence-corrected chi connectivity index (χ3v) is 4.38. The van der Waals surface area contributed by atoms with Crippen LogP contribution in [-0.4, -0.2) is 28.8 Å². The molecule has 1 aromatic rings. The number of ketones is 1. The number of ether oxygens (including phenoxy) is 1. The summed E-state index contributed by atoms with van der Waals surface area (Å²) in [6.45, 7) is 5.83. The number of carbonyl (C=O) groups is 1. The van der Waals surface area contributed by atoms with Crippen LogP contribution < -0.4 is 0 Å². The van der Waals surface area contributed by atoms with Gasteiger partial charge in [-0.05, 0) is 45.4 Å². The van der Waals surface area contributed by atoms with E-state index in [9.17, 15) is 4.79 Å². The van der Waals surface area contributed by atoms with Crippen molar-refractivity contribution in [2.45, 2.75) is 71.4 Å². The van der Waals surface area contributed by atoms with Gasteiger partial charge in [-0.2, -0.15) is 5.10 Å². The molecule has 4 heteroatoms. The van der Waals surface area contributed by atoms with E-state index < -0.39 is 0 Å². The van der Waals surface area contributed by atoms with Crippen LogP contribution in [0.5, 0.6) is 0 Å². The van der Waals surface area contributed by atoms with Crippen molar-refractivity contribution < 1.29 is 9.53 Å². The lowest BCUT2D eigenvalue weighted by molar-refractivity contribution is 0.0502. The Hall–Kier alpha value is -1.16. The molecule has 1 heterocycles. The first kappa shape index (κ1) is 15.2. The first-order chi connectivity index (χ1) is 9.62. The van der Waals surface area contributed by atoms with Gasteiger partial charge in [0, 0.05) is 12.8 Å². The Morgan fingerprint density at radius 3 is 2.65 bits per heavy atom. The number of methoxy groups -OCH3 is 1. The first-order valence-electron chi connectivity index (χ1n) is 7.76. The van der Waals surface area contributed by atoms with Crippen LogP contribution in [0.4, 0.5) is 0 Å². The number of hydrogen-bond donors (Lipinski definition) is 0. The minimum atomic E-state index is 0.143. The van der Waals surface area contributed by atoms with Crippen LogP contribution in [0.3, 0.4) is 0 Å². The van der Waals surface area contributed by atoms with Crippen molar-refractivity contribution in [2.75, 3.05) is 7.11 Å². The molecule has 1 fully saturated rings. The maximum absolute atomic E-state index is 11.9. The fraction of sp³-hybridized carbons (Fsp3) is 0.750. The second-order valence-electron chi connectivity index (χ2n) is 5.65. The van der Waals surface area contributed by atoms with Crippen LogP contribution in [0.25, 0.3) is 0 Å². The van der Waals surface area contributed by atoms with Gasteiger partial charge < -0.3 is 4.74 Å². The zero-order chi connectivity index (χ0) is 14.7. The highest BCUT2D eigenvalue weighted by Crippen LogP contribution is 2.32. The van der Waals surface area contributed by atoms with Gasteiger partial charge in [-0.3, -0.25) is 9.48 Å². The molecular weight excluding hydrogens is 252 g/mol. The highest BCUT2D eigenvalue weighted by Gasteiger charge is 2.28. The van der Waals surface area contributed by atoms with Gasteiger partial charge in [0.25, 0.3) is 0 Å². The fourth-order valence-electron chi connectivity index (χ4n) is 3.37. The normalized spacial score (nSPS) is 23.0. The maximum Gasteiger partial charge on any atom is 0.163 e. The molecule has 0 aromatic carbocycles. The molecule has 0 radical (unpaired) electrons. The summed E-state index contributed by atoms with van der Waals surface area (Å²) in [6.07, 6.45) is 6.44. The number of rotatable bonds is 5. The summed E-state index contributed by atoms with van der Waals surface area (Å²) in [5, 5.41) is 4.75. The van der Waals surface area contributed by atoms with Gasteiger partial charge in [-0.1, -0.05) is 13.8 Å². The molecule has 1 aliphatic rings. The summed E-state index contributed by atoms with van der Waals surface area (Å²) in [7, 11) is 1.79. The van der Waals surface area contributed by atoms with Crippen molar-refractivity contribution in [1.82, 2.24) is 9.78 Å². The Labute approximate surface area is 121 Å². The quantitative estimate of drug-likeness (QED) is 0.776. The molecule has 1 aliphatic carbocycles. The van der Waals surface area contributed by atoms with Gasteiger partial charge in [0.2, 0.25) is 0 Å². The number of aromatic nitrogens is 2. The lowest BCUT2D eigenvalue weighted by Crippen LogP contribution is -2.26. The van der Waals surface area contributed by atoms with E-state index in [2.05, 4.69) is 18.5 Å². The second kappa shape index (κ2) is 6.53.